The maximum absolute atomic E-state index is 12.8. The van der Waals surface area contributed by atoms with E-state index in [1.807, 2.05) is 18.2 Å². The molecule has 2 heterocycles. The van der Waals surface area contributed by atoms with Crippen molar-refractivity contribution >= 4 is 17.6 Å². The highest BCUT2D eigenvalue weighted by molar-refractivity contribution is 5.97. The highest BCUT2D eigenvalue weighted by atomic mass is 16.5. The van der Waals surface area contributed by atoms with E-state index in [0.717, 1.165) is 19.6 Å². The molecule has 0 radical (unpaired) electrons. The first-order valence-corrected chi connectivity index (χ1v) is 11.1. The lowest BCUT2D eigenvalue weighted by Crippen LogP contribution is -2.47. The monoisotopic (exact) mass is 460 g/mol. The minimum Gasteiger partial charge on any atom is -0.382 e. The number of amides is 2. The Kier molecular flexibility index (Phi) is 7.46. The molecule has 34 heavy (non-hydrogen) atoms. The van der Waals surface area contributed by atoms with E-state index in [-0.39, 0.29) is 23.5 Å². The summed E-state index contributed by atoms with van der Waals surface area (Å²) in [4.78, 5) is 35.5. The van der Waals surface area contributed by atoms with Crippen molar-refractivity contribution in [2.24, 2.45) is 0 Å². The zero-order valence-corrected chi connectivity index (χ0v) is 19.0. The van der Waals surface area contributed by atoms with Gasteiger partial charge in [-0.3, -0.25) is 14.5 Å². The smallest absolute Gasteiger partial charge is 0.273 e. The number of ether oxygens (including phenoxy) is 1. The fraction of sp³-hybridized carbons (Fsp3) is 0.280. The number of carbonyl (C=O) groups is 2. The number of nitrogens with zero attached hydrogens (tertiary/aromatic N) is 3. The molecule has 0 bridgehead atoms. The fourth-order valence-corrected chi connectivity index (χ4v) is 3.84. The quantitative estimate of drug-likeness (QED) is 0.491. The summed E-state index contributed by atoms with van der Waals surface area (Å²) in [5.41, 5.74) is 8.67. The molecule has 0 aliphatic carbocycles. The molecular weight excluding hydrogens is 432 g/mol. The zero-order valence-electron chi connectivity index (χ0n) is 19.0. The van der Waals surface area contributed by atoms with Crippen LogP contribution in [0.5, 0.6) is 0 Å². The Labute approximate surface area is 198 Å². The van der Waals surface area contributed by atoms with Gasteiger partial charge in [0.1, 0.15) is 0 Å². The normalized spacial score (nSPS) is 16.1. The molecule has 4 N–H and O–H groups in total. The first kappa shape index (κ1) is 23.3. The van der Waals surface area contributed by atoms with Crippen molar-refractivity contribution in [2.75, 3.05) is 39.0 Å². The van der Waals surface area contributed by atoms with E-state index in [2.05, 4.69) is 37.6 Å². The maximum atomic E-state index is 12.8. The molecular formula is C25H28N6O3. The molecule has 9 heteroatoms. The van der Waals surface area contributed by atoms with Crippen molar-refractivity contribution in [3.63, 3.8) is 0 Å². The van der Waals surface area contributed by atoms with Crippen LogP contribution in [0, 0.1) is 0 Å². The van der Waals surface area contributed by atoms with Crippen LogP contribution in [0.1, 0.15) is 26.4 Å². The molecule has 1 saturated heterocycles. The summed E-state index contributed by atoms with van der Waals surface area (Å²) in [5, 5.41) is 5.46. The predicted molar refractivity (Wildman–Crippen MR) is 129 cm³/mol. The number of hydrogen-bond donors (Lipinski definition) is 3. The van der Waals surface area contributed by atoms with Gasteiger partial charge in [0.05, 0.1) is 24.6 Å². The van der Waals surface area contributed by atoms with Crippen LogP contribution in [-0.2, 0) is 11.3 Å². The van der Waals surface area contributed by atoms with Crippen molar-refractivity contribution < 1.29 is 14.3 Å². The number of rotatable bonds is 7. The fourth-order valence-electron chi connectivity index (χ4n) is 3.84. The van der Waals surface area contributed by atoms with Gasteiger partial charge in [0, 0.05) is 44.4 Å². The van der Waals surface area contributed by atoms with Gasteiger partial charge in [0.2, 0.25) is 0 Å². The van der Waals surface area contributed by atoms with Crippen molar-refractivity contribution in [2.45, 2.75) is 12.6 Å². The summed E-state index contributed by atoms with van der Waals surface area (Å²) in [5.74, 6) is -0.583. The Morgan fingerprint density at radius 2 is 1.97 bits per heavy atom. The van der Waals surface area contributed by atoms with Crippen molar-refractivity contribution in [1.82, 2.24) is 25.5 Å². The van der Waals surface area contributed by atoms with Crippen LogP contribution in [0.15, 0.2) is 60.8 Å². The summed E-state index contributed by atoms with van der Waals surface area (Å²) < 4.78 is 5.86. The van der Waals surface area contributed by atoms with Crippen LogP contribution in [0.3, 0.4) is 0 Å². The van der Waals surface area contributed by atoms with E-state index in [9.17, 15) is 9.59 Å². The average Bonchev–Trinajstić information content (AvgIpc) is 2.88. The van der Waals surface area contributed by atoms with Gasteiger partial charge in [-0.1, -0.05) is 42.5 Å². The molecule has 9 nitrogen and oxygen atoms in total. The van der Waals surface area contributed by atoms with Crippen LogP contribution in [0.4, 0.5) is 5.82 Å². The predicted octanol–water partition coefficient (Wildman–Crippen LogP) is 1.72. The van der Waals surface area contributed by atoms with Crippen molar-refractivity contribution in [1.29, 1.82) is 0 Å². The molecule has 2 aromatic carbocycles. The number of nitrogen functional groups attached to an aromatic ring is 1. The highest BCUT2D eigenvalue weighted by Crippen LogP contribution is 2.20. The lowest BCUT2D eigenvalue weighted by atomic mass is 10.1. The van der Waals surface area contributed by atoms with Crippen LogP contribution in [-0.4, -0.2) is 66.1 Å². The highest BCUT2D eigenvalue weighted by Gasteiger charge is 2.21. The summed E-state index contributed by atoms with van der Waals surface area (Å²) in [6.07, 6.45) is 1.40. The molecule has 4 rings (SSSR count). The second-order valence-corrected chi connectivity index (χ2v) is 8.07. The average molecular weight is 461 g/mol. The van der Waals surface area contributed by atoms with Gasteiger partial charge in [0.15, 0.2) is 11.5 Å². The number of nitrogens with two attached hydrogens (primary N) is 1. The van der Waals surface area contributed by atoms with Crippen LogP contribution in [0.2, 0.25) is 0 Å². The molecule has 1 aromatic heterocycles. The molecule has 2 amide bonds. The minimum absolute atomic E-state index is 0.0457. The first-order chi connectivity index (χ1) is 16.5. The third kappa shape index (κ3) is 5.75. The van der Waals surface area contributed by atoms with Crippen molar-refractivity contribution in [3.05, 3.63) is 77.6 Å². The maximum Gasteiger partial charge on any atom is 0.273 e. The van der Waals surface area contributed by atoms with Crippen LogP contribution < -0.4 is 16.4 Å². The Balaban J connectivity index is 1.38. The third-order valence-electron chi connectivity index (χ3n) is 5.63. The molecule has 3 aromatic rings. The Bertz CT molecular complexity index is 1150. The number of aromatic nitrogens is 2. The molecule has 176 valence electrons. The summed E-state index contributed by atoms with van der Waals surface area (Å²) in [7, 11) is 1.50. The van der Waals surface area contributed by atoms with E-state index < -0.39 is 5.91 Å². The molecule has 1 fully saturated rings. The summed E-state index contributed by atoms with van der Waals surface area (Å²) >= 11 is 0. The second-order valence-electron chi connectivity index (χ2n) is 8.07. The van der Waals surface area contributed by atoms with Gasteiger partial charge in [-0.05, 0) is 17.7 Å². The van der Waals surface area contributed by atoms with Gasteiger partial charge >= 0.3 is 0 Å². The number of carbonyl (C=O) groups excluding carboxylic acids is 2. The van der Waals surface area contributed by atoms with Gasteiger partial charge in [-0.25, -0.2) is 9.97 Å². The number of benzene rings is 2. The Morgan fingerprint density at radius 3 is 2.76 bits per heavy atom. The minimum atomic E-state index is -0.422. The standard InChI is InChI=1S/C25H28N6O3/c1-27-25(33)22-23(26)28-14-21(30-22)18-8-5-9-19(12-18)24(32)29-13-20-16-31(10-11-34-20)15-17-6-3-2-4-7-17/h2-9,12,14,20H,10-11,13,15-16H2,1H3,(H2,26,28)(H,27,33)(H,29,32). The number of nitrogens with one attached hydrogen (secondary N) is 2. The molecule has 0 spiro atoms. The number of morpholine rings is 1. The van der Waals surface area contributed by atoms with E-state index >= 15 is 0 Å². The summed E-state index contributed by atoms with van der Waals surface area (Å²) in [6.45, 7) is 3.51. The number of anilines is 1. The van der Waals surface area contributed by atoms with Crippen molar-refractivity contribution in [3.8, 4) is 11.3 Å². The van der Waals surface area contributed by atoms with E-state index in [0.29, 0.717) is 30.0 Å². The number of hydrogen-bond acceptors (Lipinski definition) is 7. The molecule has 1 atom stereocenters. The Morgan fingerprint density at radius 1 is 1.15 bits per heavy atom. The molecule has 1 unspecified atom stereocenters. The van der Waals surface area contributed by atoms with Crippen LogP contribution >= 0.6 is 0 Å². The third-order valence-corrected chi connectivity index (χ3v) is 5.63. The SMILES string of the molecule is CNC(=O)c1nc(-c2cccc(C(=O)NCC3CN(Cc4ccccc4)CCO3)c2)cnc1N. The largest absolute Gasteiger partial charge is 0.382 e. The molecule has 0 saturated carbocycles. The second kappa shape index (κ2) is 10.9. The van der Waals surface area contributed by atoms with E-state index in [4.69, 9.17) is 10.5 Å². The van der Waals surface area contributed by atoms with Gasteiger partial charge in [-0.15, -0.1) is 0 Å². The lowest BCUT2D eigenvalue weighted by Gasteiger charge is -2.33. The van der Waals surface area contributed by atoms with Gasteiger partial charge < -0.3 is 21.1 Å². The molecule has 1 aliphatic rings. The molecule has 1 aliphatic heterocycles. The van der Waals surface area contributed by atoms with E-state index in [1.165, 1.54) is 18.8 Å². The summed E-state index contributed by atoms with van der Waals surface area (Å²) in [6, 6.07) is 17.3. The zero-order chi connectivity index (χ0) is 23.9. The first-order valence-electron chi connectivity index (χ1n) is 11.1. The van der Waals surface area contributed by atoms with Crippen LogP contribution in [0.25, 0.3) is 11.3 Å². The Hall–Kier alpha value is -3.82. The lowest BCUT2D eigenvalue weighted by molar-refractivity contribution is -0.0292. The van der Waals surface area contributed by atoms with E-state index in [1.54, 1.807) is 24.3 Å². The topological polar surface area (TPSA) is 122 Å². The van der Waals surface area contributed by atoms with Gasteiger partial charge in [-0.2, -0.15) is 0 Å². The van der Waals surface area contributed by atoms with Gasteiger partial charge in [0.25, 0.3) is 11.8 Å².